The maximum atomic E-state index is 2.40. The Bertz CT molecular complexity index is 4450. The molecule has 0 atom stereocenters. The van der Waals surface area contributed by atoms with Gasteiger partial charge in [-0.1, -0.05) is 218 Å². The van der Waals surface area contributed by atoms with Crippen LogP contribution in [0.4, 0.5) is 34.1 Å². The molecule has 3 heteroatoms. The molecule has 2 nitrogen and oxygen atoms in total. The molecule has 1 aromatic heterocycles. The molecule has 0 fully saturated rings. The monoisotopic (exact) mass is 998 g/mol. The molecule has 1 heterocycles. The van der Waals surface area contributed by atoms with E-state index in [2.05, 4.69) is 313 Å². The third kappa shape index (κ3) is 8.89. The zero-order chi connectivity index (χ0) is 51.1. The van der Waals surface area contributed by atoms with Gasteiger partial charge in [-0.25, -0.2) is 0 Å². The summed E-state index contributed by atoms with van der Waals surface area (Å²) in [4.78, 5) is 4.79. The Kier molecular flexibility index (Phi) is 11.8. The van der Waals surface area contributed by atoms with Gasteiger partial charge in [-0.15, -0.1) is 11.3 Å². The molecular weight excluding hydrogens is 949 g/mol. The van der Waals surface area contributed by atoms with Gasteiger partial charge in [-0.2, -0.15) is 0 Å². The van der Waals surface area contributed by atoms with Gasteiger partial charge in [0.15, 0.2) is 0 Å². The number of anilines is 6. The largest absolute Gasteiger partial charge is 0.310 e. The molecule has 0 N–H and O–H groups in total. The molecule has 14 aromatic rings. The summed E-state index contributed by atoms with van der Waals surface area (Å²) in [5.74, 6) is 0. The third-order valence-corrected chi connectivity index (χ3v) is 16.2. The Balaban J connectivity index is 0.850. The first kappa shape index (κ1) is 45.8. The highest BCUT2D eigenvalue weighted by atomic mass is 32.1. The third-order valence-electron chi connectivity index (χ3n) is 15.0. The molecule has 14 rings (SSSR count). The van der Waals surface area contributed by atoms with Crippen molar-refractivity contribution in [3.63, 3.8) is 0 Å². The molecule has 0 bridgehead atoms. The minimum Gasteiger partial charge on any atom is -0.310 e. The average Bonchev–Trinajstić information content (AvgIpc) is 3.94. The molecule has 0 unspecified atom stereocenters. The number of fused-ring (bicyclic) bond motifs is 6. The SMILES string of the molecule is c1ccc(-c2cccc(N(c3ccc(-c4ccc5c(c4)sc4c6ccccc6ccc54)cc3)c3cccc(-c4cccc(N(c5cccc(-c6ccccc6)c5)c5ccc6cc(-c7ccccc7)ccc6c5)c4)c3)c2)cc1. The lowest BCUT2D eigenvalue weighted by molar-refractivity contribution is 1.28. The molecule has 0 spiro atoms. The van der Waals surface area contributed by atoms with Gasteiger partial charge in [-0.05, 0) is 162 Å². The summed E-state index contributed by atoms with van der Waals surface area (Å²) in [6.07, 6.45) is 0. The van der Waals surface area contributed by atoms with Crippen LogP contribution in [0.5, 0.6) is 0 Å². The van der Waals surface area contributed by atoms with Crippen molar-refractivity contribution >= 4 is 87.2 Å². The van der Waals surface area contributed by atoms with Crippen molar-refractivity contribution in [3.05, 3.63) is 303 Å². The molecule has 0 amide bonds. The van der Waals surface area contributed by atoms with Crippen molar-refractivity contribution in [2.24, 2.45) is 0 Å². The van der Waals surface area contributed by atoms with Crippen LogP contribution in [-0.4, -0.2) is 0 Å². The fraction of sp³-hybridized carbons (Fsp3) is 0. The first-order chi connectivity index (χ1) is 38.1. The number of hydrogen-bond acceptors (Lipinski definition) is 3. The van der Waals surface area contributed by atoms with Crippen LogP contribution in [-0.2, 0) is 0 Å². The normalized spacial score (nSPS) is 11.4. The zero-order valence-electron chi connectivity index (χ0n) is 42.2. The van der Waals surface area contributed by atoms with E-state index in [0.29, 0.717) is 0 Å². The summed E-state index contributed by atoms with van der Waals surface area (Å²) in [5.41, 5.74) is 18.2. The number of nitrogens with zero attached hydrogens (tertiary/aromatic N) is 2. The van der Waals surface area contributed by atoms with Gasteiger partial charge in [0.25, 0.3) is 0 Å². The molecule has 0 aliphatic rings. The number of rotatable bonds is 11. The van der Waals surface area contributed by atoms with E-state index in [1.807, 2.05) is 11.3 Å². The molecule has 362 valence electrons. The summed E-state index contributed by atoms with van der Waals surface area (Å²) in [6.45, 7) is 0. The lowest BCUT2D eigenvalue weighted by Crippen LogP contribution is -2.10. The highest BCUT2D eigenvalue weighted by Crippen LogP contribution is 2.44. The van der Waals surface area contributed by atoms with Gasteiger partial charge in [0.05, 0.1) is 0 Å². The Hall–Kier alpha value is -9.80. The van der Waals surface area contributed by atoms with Gasteiger partial charge in [0, 0.05) is 54.3 Å². The number of benzene rings is 13. The van der Waals surface area contributed by atoms with E-state index < -0.39 is 0 Å². The zero-order valence-corrected chi connectivity index (χ0v) is 43.0. The topological polar surface area (TPSA) is 6.48 Å². The summed E-state index contributed by atoms with van der Waals surface area (Å²) < 4.78 is 2.65. The van der Waals surface area contributed by atoms with Crippen LogP contribution >= 0.6 is 11.3 Å². The van der Waals surface area contributed by atoms with E-state index in [1.54, 1.807) is 0 Å². The molecule has 0 saturated carbocycles. The Labute approximate surface area is 453 Å². The van der Waals surface area contributed by atoms with Crippen LogP contribution in [0.25, 0.3) is 97.4 Å². The molecule has 0 aliphatic carbocycles. The van der Waals surface area contributed by atoms with Crippen LogP contribution in [0.3, 0.4) is 0 Å². The second kappa shape index (κ2) is 19.8. The Morgan fingerprint density at radius 1 is 0.195 bits per heavy atom. The Morgan fingerprint density at radius 2 is 0.558 bits per heavy atom. The van der Waals surface area contributed by atoms with Crippen molar-refractivity contribution in [2.75, 3.05) is 9.80 Å². The summed E-state index contributed by atoms with van der Waals surface area (Å²) in [7, 11) is 0. The van der Waals surface area contributed by atoms with Crippen LogP contribution in [0.2, 0.25) is 0 Å². The van der Waals surface area contributed by atoms with E-state index in [1.165, 1.54) is 86.2 Å². The fourth-order valence-electron chi connectivity index (χ4n) is 11.1. The van der Waals surface area contributed by atoms with Gasteiger partial charge in [0.1, 0.15) is 0 Å². The second-order valence-corrected chi connectivity index (χ2v) is 20.8. The van der Waals surface area contributed by atoms with Crippen molar-refractivity contribution in [3.8, 4) is 55.6 Å². The van der Waals surface area contributed by atoms with E-state index >= 15 is 0 Å². The van der Waals surface area contributed by atoms with Crippen LogP contribution in [0.1, 0.15) is 0 Å². The van der Waals surface area contributed by atoms with Crippen molar-refractivity contribution < 1.29 is 0 Å². The van der Waals surface area contributed by atoms with Crippen molar-refractivity contribution in [1.29, 1.82) is 0 Å². The van der Waals surface area contributed by atoms with Gasteiger partial charge < -0.3 is 9.80 Å². The van der Waals surface area contributed by atoms with Gasteiger partial charge in [0.2, 0.25) is 0 Å². The standard InChI is InChI=1S/C74H50N2S/c1-4-16-51(17-5-1)56-23-12-27-65(45-56)75(64-39-34-54(35-40-64)63-38-42-71-72-43-37-55-22-10-11-31-70(55)74(72)77-73(71)50-63)66-28-14-25-58(47-66)59-26-15-30-68(48-59)76(67-29-13-24-57(46-67)52-18-6-2-7-19-52)69-41-36-61-44-60(32-33-62(61)49-69)53-20-8-3-9-21-53/h1-50H. The quantitative estimate of drug-likeness (QED) is 0.127. The molecule has 0 saturated heterocycles. The number of hydrogen-bond donors (Lipinski definition) is 0. The van der Waals surface area contributed by atoms with Crippen molar-refractivity contribution in [1.82, 2.24) is 0 Å². The Morgan fingerprint density at radius 3 is 1.13 bits per heavy atom. The highest BCUT2D eigenvalue weighted by molar-refractivity contribution is 7.26. The fourth-order valence-corrected chi connectivity index (χ4v) is 12.4. The molecule has 13 aromatic carbocycles. The van der Waals surface area contributed by atoms with Crippen molar-refractivity contribution in [2.45, 2.75) is 0 Å². The second-order valence-electron chi connectivity index (χ2n) is 19.7. The smallest absolute Gasteiger partial charge is 0.0468 e. The predicted molar refractivity (Wildman–Crippen MR) is 331 cm³/mol. The average molecular weight is 999 g/mol. The van der Waals surface area contributed by atoms with Crippen LogP contribution in [0, 0.1) is 0 Å². The van der Waals surface area contributed by atoms with Crippen LogP contribution in [0.15, 0.2) is 303 Å². The maximum Gasteiger partial charge on any atom is 0.0468 e. The maximum absolute atomic E-state index is 2.40. The van der Waals surface area contributed by atoms with E-state index in [4.69, 9.17) is 0 Å². The minimum absolute atomic E-state index is 1.07. The summed E-state index contributed by atoms with van der Waals surface area (Å²) in [6, 6.07) is 111. The van der Waals surface area contributed by atoms with E-state index in [9.17, 15) is 0 Å². The van der Waals surface area contributed by atoms with Gasteiger partial charge >= 0.3 is 0 Å². The lowest BCUT2D eigenvalue weighted by Gasteiger charge is -2.28. The predicted octanol–water partition coefficient (Wildman–Crippen LogP) is 21.6. The molecule has 77 heavy (non-hydrogen) atoms. The first-order valence-electron chi connectivity index (χ1n) is 26.3. The van der Waals surface area contributed by atoms with Gasteiger partial charge in [-0.3, -0.25) is 0 Å². The first-order valence-corrected chi connectivity index (χ1v) is 27.1. The summed E-state index contributed by atoms with van der Waals surface area (Å²) >= 11 is 1.89. The number of thiophene rings is 1. The molecular formula is C74H50N2S. The van der Waals surface area contributed by atoms with Crippen LogP contribution < -0.4 is 9.80 Å². The lowest BCUT2D eigenvalue weighted by atomic mass is 9.99. The van der Waals surface area contributed by atoms with E-state index in [0.717, 1.165) is 45.3 Å². The summed E-state index contributed by atoms with van der Waals surface area (Å²) in [5, 5.41) is 7.61. The highest BCUT2D eigenvalue weighted by Gasteiger charge is 2.19. The molecule has 0 radical (unpaired) electrons. The van der Waals surface area contributed by atoms with E-state index in [-0.39, 0.29) is 0 Å². The molecule has 0 aliphatic heterocycles. The minimum atomic E-state index is 1.07.